The highest BCUT2D eigenvalue weighted by molar-refractivity contribution is 5.79. The van der Waals surface area contributed by atoms with Crippen LogP contribution in [0.2, 0.25) is 0 Å². The Morgan fingerprint density at radius 3 is 2.56 bits per heavy atom. The van der Waals surface area contributed by atoms with Crippen LogP contribution in [0, 0.1) is 5.92 Å². The molecule has 3 aromatic rings. The van der Waals surface area contributed by atoms with E-state index in [0.717, 1.165) is 55.6 Å². The SMILES string of the molecule is COc1ccc(-c2noc(CN3CCC(C(=O)NCc4cccc(CN5CCCC5=O)c4)CC3)n2)cc1OC. The zero-order chi connectivity index (χ0) is 27.2. The van der Waals surface area contributed by atoms with Gasteiger partial charge in [0.15, 0.2) is 11.5 Å². The lowest BCUT2D eigenvalue weighted by Gasteiger charge is -2.30. The lowest BCUT2D eigenvalue weighted by Crippen LogP contribution is -2.40. The molecule has 5 rings (SSSR count). The van der Waals surface area contributed by atoms with Gasteiger partial charge in [0.2, 0.25) is 23.5 Å². The van der Waals surface area contributed by atoms with Crippen LogP contribution in [0.5, 0.6) is 11.5 Å². The summed E-state index contributed by atoms with van der Waals surface area (Å²) in [5, 5.41) is 7.23. The maximum atomic E-state index is 12.9. The molecule has 2 aliphatic rings. The molecule has 2 aliphatic heterocycles. The number of hydrogen-bond donors (Lipinski definition) is 1. The first kappa shape index (κ1) is 26.7. The number of hydrogen-bond acceptors (Lipinski definition) is 8. The van der Waals surface area contributed by atoms with Gasteiger partial charge in [0.25, 0.3) is 0 Å². The molecule has 39 heavy (non-hydrogen) atoms. The molecule has 3 heterocycles. The number of methoxy groups -OCH3 is 2. The highest BCUT2D eigenvalue weighted by atomic mass is 16.5. The molecule has 2 aromatic carbocycles. The van der Waals surface area contributed by atoms with Crippen molar-refractivity contribution in [2.45, 2.75) is 45.3 Å². The smallest absolute Gasteiger partial charge is 0.241 e. The molecule has 206 valence electrons. The first-order chi connectivity index (χ1) is 19.0. The summed E-state index contributed by atoms with van der Waals surface area (Å²) in [5.41, 5.74) is 2.93. The lowest BCUT2D eigenvalue weighted by atomic mass is 9.96. The van der Waals surface area contributed by atoms with Crippen molar-refractivity contribution >= 4 is 11.8 Å². The maximum Gasteiger partial charge on any atom is 0.241 e. The number of nitrogens with one attached hydrogen (secondary N) is 1. The van der Waals surface area contributed by atoms with Gasteiger partial charge in [0, 0.05) is 37.5 Å². The van der Waals surface area contributed by atoms with Gasteiger partial charge in [0.1, 0.15) is 0 Å². The molecule has 2 fully saturated rings. The Labute approximate surface area is 228 Å². The van der Waals surface area contributed by atoms with E-state index < -0.39 is 0 Å². The Morgan fingerprint density at radius 2 is 1.82 bits per heavy atom. The van der Waals surface area contributed by atoms with Crippen LogP contribution in [0.1, 0.15) is 42.7 Å². The molecule has 0 unspecified atom stereocenters. The Bertz CT molecular complexity index is 1300. The fraction of sp³-hybridized carbons (Fsp3) is 0.448. The van der Waals surface area contributed by atoms with Crippen LogP contribution < -0.4 is 14.8 Å². The first-order valence-electron chi connectivity index (χ1n) is 13.4. The number of likely N-dealkylation sites (tertiary alicyclic amines) is 2. The quantitative estimate of drug-likeness (QED) is 0.422. The van der Waals surface area contributed by atoms with Crippen LogP contribution in [0.4, 0.5) is 0 Å². The van der Waals surface area contributed by atoms with E-state index in [4.69, 9.17) is 14.0 Å². The summed E-state index contributed by atoms with van der Waals surface area (Å²) >= 11 is 0. The van der Waals surface area contributed by atoms with E-state index in [9.17, 15) is 9.59 Å². The minimum atomic E-state index is -0.0170. The van der Waals surface area contributed by atoms with E-state index in [2.05, 4.69) is 26.4 Å². The Kier molecular flexibility index (Phi) is 8.41. The molecule has 1 aromatic heterocycles. The predicted molar refractivity (Wildman–Crippen MR) is 144 cm³/mol. The second kappa shape index (κ2) is 12.3. The van der Waals surface area contributed by atoms with Crippen LogP contribution in [0.15, 0.2) is 47.0 Å². The molecule has 10 heteroatoms. The summed E-state index contributed by atoms with van der Waals surface area (Å²) < 4.78 is 16.2. The summed E-state index contributed by atoms with van der Waals surface area (Å²) in [6, 6.07) is 13.6. The van der Waals surface area contributed by atoms with E-state index in [-0.39, 0.29) is 17.7 Å². The molecule has 0 spiro atoms. The van der Waals surface area contributed by atoms with Crippen LogP contribution in [0.25, 0.3) is 11.4 Å². The van der Waals surface area contributed by atoms with Crippen LogP contribution >= 0.6 is 0 Å². The third-order valence-electron chi connectivity index (χ3n) is 7.43. The maximum absolute atomic E-state index is 12.9. The highest BCUT2D eigenvalue weighted by Crippen LogP contribution is 2.31. The van der Waals surface area contributed by atoms with Crippen LogP contribution in [-0.4, -0.2) is 65.6 Å². The molecule has 10 nitrogen and oxygen atoms in total. The second-order valence-corrected chi connectivity index (χ2v) is 10.1. The topological polar surface area (TPSA) is 110 Å². The minimum Gasteiger partial charge on any atom is -0.493 e. The van der Waals surface area contributed by atoms with Crippen LogP contribution in [-0.2, 0) is 29.2 Å². The van der Waals surface area contributed by atoms with Gasteiger partial charge < -0.3 is 24.2 Å². The first-order valence-corrected chi connectivity index (χ1v) is 13.4. The van der Waals surface area contributed by atoms with Crippen molar-refractivity contribution < 1.29 is 23.6 Å². The van der Waals surface area contributed by atoms with E-state index >= 15 is 0 Å². The van der Waals surface area contributed by atoms with Gasteiger partial charge in [-0.3, -0.25) is 14.5 Å². The summed E-state index contributed by atoms with van der Waals surface area (Å²) in [4.78, 5) is 33.5. The van der Waals surface area contributed by atoms with Gasteiger partial charge in [-0.25, -0.2) is 0 Å². The molecule has 0 radical (unpaired) electrons. The number of carbonyl (C=O) groups excluding carboxylic acids is 2. The molecular weight excluding hydrogens is 498 g/mol. The largest absolute Gasteiger partial charge is 0.493 e. The fourth-order valence-corrected chi connectivity index (χ4v) is 5.22. The second-order valence-electron chi connectivity index (χ2n) is 10.1. The van der Waals surface area contributed by atoms with Gasteiger partial charge in [-0.05, 0) is 61.7 Å². The summed E-state index contributed by atoms with van der Waals surface area (Å²) in [6.07, 6.45) is 3.13. The van der Waals surface area contributed by atoms with Gasteiger partial charge >= 0.3 is 0 Å². The summed E-state index contributed by atoms with van der Waals surface area (Å²) in [6.45, 7) is 4.05. The summed E-state index contributed by atoms with van der Waals surface area (Å²) in [7, 11) is 3.18. The van der Waals surface area contributed by atoms with Crippen molar-refractivity contribution in [3.05, 3.63) is 59.5 Å². The third kappa shape index (κ3) is 6.57. The molecule has 1 N–H and O–H groups in total. The molecule has 2 amide bonds. The van der Waals surface area contributed by atoms with Gasteiger partial charge in [-0.2, -0.15) is 4.98 Å². The standard InChI is InChI=1S/C29H35N5O5/c1-37-24-9-8-23(16-25(24)38-2)28-31-26(39-32-28)19-33-13-10-22(11-14-33)29(36)30-17-20-5-3-6-21(15-20)18-34-12-4-7-27(34)35/h3,5-6,8-9,15-16,22H,4,7,10-14,17-19H2,1-2H3,(H,30,36). The van der Waals surface area contributed by atoms with Crippen molar-refractivity contribution in [3.63, 3.8) is 0 Å². The zero-order valence-electron chi connectivity index (χ0n) is 22.5. The molecule has 0 atom stereocenters. The van der Waals surface area contributed by atoms with E-state index in [1.54, 1.807) is 14.2 Å². The molecule has 2 saturated heterocycles. The average molecular weight is 534 g/mol. The lowest BCUT2D eigenvalue weighted by molar-refractivity contribution is -0.128. The number of rotatable bonds is 10. The highest BCUT2D eigenvalue weighted by Gasteiger charge is 2.26. The van der Waals surface area contributed by atoms with Crippen molar-refractivity contribution in [2.24, 2.45) is 5.92 Å². The predicted octanol–water partition coefficient (Wildman–Crippen LogP) is 3.40. The minimum absolute atomic E-state index is 0.0170. The number of ether oxygens (including phenoxy) is 2. The molecule has 0 bridgehead atoms. The number of aromatic nitrogens is 2. The van der Waals surface area contributed by atoms with Crippen LogP contribution in [0.3, 0.4) is 0 Å². The van der Waals surface area contributed by atoms with E-state index in [0.29, 0.717) is 49.3 Å². The number of benzene rings is 2. The number of carbonyl (C=O) groups is 2. The van der Waals surface area contributed by atoms with Crippen molar-refractivity contribution in [1.29, 1.82) is 0 Å². The van der Waals surface area contributed by atoms with Gasteiger partial charge in [-0.15, -0.1) is 0 Å². The number of amides is 2. The average Bonchev–Trinajstić information content (AvgIpc) is 3.60. The Morgan fingerprint density at radius 1 is 1.03 bits per heavy atom. The van der Waals surface area contributed by atoms with Gasteiger partial charge in [0.05, 0.1) is 20.8 Å². The Balaban J connectivity index is 1.08. The third-order valence-corrected chi connectivity index (χ3v) is 7.43. The molecular formula is C29H35N5O5. The summed E-state index contributed by atoms with van der Waals surface area (Å²) in [5.74, 6) is 2.57. The zero-order valence-corrected chi connectivity index (χ0v) is 22.5. The molecule has 0 saturated carbocycles. The normalized spacial score (nSPS) is 16.5. The van der Waals surface area contributed by atoms with Crippen molar-refractivity contribution in [2.75, 3.05) is 33.9 Å². The molecule has 0 aliphatic carbocycles. The monoisotopic (exact) mass is 533 g/mol. The Hall–Kier alpha value is -3.92. The fourth-order valence-electron chi connectivity index (χ4n) is 5.22. The number of nitrogens with zero attached hydrogens (tertiary/aromatic N) is 4. The number of piperidine rings is 1. The van der Waals surface area contributed by atoms with E-state index in [1.807, 2.05) is 41.3 Å². The van der Waals surface area contributed by atoms with Crippen molar-refractivity contribution in [3.8, 4) is 22.9 Å². The van der Waals surface area contributed by atoms with E-state index in [1.165, 1.54) is 0 Å². The van der Waals surface area contributed by atoms with Crippen molar-refractivity contribution in [1.82, 2.24) is 25.3 Å². The van der Waals surface area contributed by atoms with Gasteiger partial charge in [-0.1, -0.05) is 29.4 Å².